The van der Waals surface area contributed by atoms with E-state index in [1.54, 1.807) is 13.3 Å². The molecule has 1 aromatic carbocycles. The second kappa shape index (κ2) is 6.86. The molecule has 0 aliphatic rings. The number of anilines is 1. The lowest BCUT2D eigenvalue weighted by Gasteiger charge is -2.11. The molecule has 23 heavy (non-hydrogen) atoms. The van der Waals surface area contributed by atoms with Crippen molar-refractivity contribution in [2.45, 2.75) is 0 Å². The van der Waals surface area contributed by atoms with E-state index in [4.69, 9.17) is 11.2 Å². The molecule has 0 radical (unpaired) electrons. The average Bonchev–Trinajstić information content (AvgIpc) is 2.62. The Morgan fingerprint density at radius 2 is 2.13 bits per heavy atom. The first-order chi connectivity index (χ1) is 11.3. The molecule has 0 aliphatic heterocycles. The van der Waals surface area contributed by atoms with Crippen LogP contribution in [0.2, 0.25) is 0 Å². The van der Waals surface area contributed by atoms with E-state index in [9.17, 15) is 0 Å². The average molecular weight is 304 g/mol. The summed E-state index contributed by atoms with van der Waals surface area (Å²) in [5, 5.41) is 4.16. The summed E-state index contributed by atoms with van der Waals surface area (Å²) in [7, 11) is 1.66. The van der Waals surface area contributed by atoms with Crippen molar-refractivity contribution >= 4 is 16.7 Å². The van der Waals surface area contributed by atoms with Gasteiger partial charge in [0.25, 0.3) is 0 Å². The van der Waals surface area contributed by atoms with Gasteiger partial charge in [0.05, 0.1) is 12.1 Å². The fourth-order valence-electron chi connectivity index (χ4n) is 2.23. The minimum atomic E-state index is 0.575. The van der Waals surface area contributed by atoms with Crippen LogP contribution in [0.4, 0.5) is 5.82 Å². The summed E-state index contributed by atoms with van der Waals surface area (Å²) in [5.41, 5.74) is 2.34. The maximum Gasteiger partial charge on any atom is 0.180 e. The second-order valence-corrected chi connectivity index (χ2v) is 4.91. The minimum Gasteiger partial charge on any atom is -0.383 e. The summed E-state index contributed by atoms with van der Waals surface area (Å²) in [6.45, 7) is 1.23. The summed E-state index contributed by atoms with van der Waals surface area (Å²) < 4.78 is 5.08. The van der Waals surface area contributed by atoms with Crippen LogP contribution in [0.25, 0.3) is 22.4 Å². The summed E-state index contributed by atoms with van der Waals surface area (Å²) in [6, 6.07) is 11.3. The van der Waals surface area contributed by atoms with Crippen LogP contribution in [-0.4, -0.2) is 35.2 Å². The molecule has 0 unspecified atom stereocenters. The predicted octanol–water partition coefficient (Wildman–Crippen LogP) is 2.73. The summed E-state index contributed by atoms with van der Waals surface area (Å²) in [5.74, 6) is 3.94. The second-order valence-electron chi connectivity index (χ2n) is 4.91. The normalized spacial score (nSPS) is 10.4. The number of pyridine rings is 1. The highest BCUT2D eigenvalue weighted by molar-refractivity contribution is 5.91. The summed E-state index contributed by atoms with van der Waals surface area (Å²) in [4.78, 5) is 13.5. The molecule has 0 aliphatic carbocycles. The number of ether oxygens (including phenoxy) is 1. The van der Waals surface area contributed by atoms with Gasteiger partial charge in [-0.25, -0.2) is 9.97 Å². The Hall–Kier alpha value is -2.97. The van der Waals surface area contributed by atoms with Crippen molar-refractivity contribution in [2.24, 2.45) is 0 Å². The van der Waals surface area contributed by atoms with Crippen LogP contribution in [0.1, 0.15) is 5.56 Å². The Balaban J connectivity index is 2.12. The van der Waals surface area contributed by atoms with Crippen LogP contribution in [0.3, 0.4) is 0 Å². The van der Waals surface area contributed by atoms with E-state index >= 15 is 0 Å². The Labute approximate surface area is 134 Å². The van der Waals surface area contributed by atoms with Gasteiger partial charge in [-0.15, -0.1) is 6.42 Å². The number of hydrogen-bond donors (Lipinski definition) is 1. The number of benzene rings is 1. The predicted molar refractivity (Wildman–Crippen MR) is 91.1 cm³/mol. The largest absolute Gasteiger partial charge is 0.383 e. The van der Waals surface area contributed by atoms with Gasteiger partial charge >= 0.3 is 0 Å². The number of rotatable bonds is 5. The SMILES string of the molecule is C#Cc1ccc2nc(-c3ccccn3)nc(NCCOC)c2c1. The zero-order valence-electron chi connectivity index (χ0n) is 12.8. The highest BCUT2D eigenvalue weighted by atomic mass is 16.5. The quantitative estimate of drug-likeness (QED) is 0.580. The van der Waals surface area contributed by atoms with Crippen LogP contribution in [0.15, 0.2) is 42.6 Å². The van der Waals surface area contributed by atoms with Gasteiger partial charge in [-0.1, -0.05) is 12.0 Å². The molecule has 0 saturated heterocycles. The number of nitrogens with one attached hydrogen (secondary N) is 1. The molecule has 114 valence electrons. The maximum absolute atomic E-state index is 5.49. The fourth-order valence-corrected chi connectivity index (χ4v) is 2.23. The van der Waals surface area contributed by atoms with E-state index in [0.717, 1.165) is 28.0 Å². The molecule has 0 bridgehead atoms. The van der Waals surface area contributed by atoms with Gasteiger partial charge in [-0.3, -0.25) is 4.98 Å². The monoisotopic (exact) mass is 304 g/mol. The molecule has 0 saturated carbocycles. The first kappa shape index (κ1) is 14.9. The number of fused-ring (bicyclic) bond motifs is 1. The number of nitrogens with zero attached hydrogens (tertiary/aromatic N) is 3. The van der Waals surface area contributed by atoms with Crippen LogP contribution in [0.5, 0.6) is 0 Å². The lowest BCUT2D eigenvalue weighted by atomic mass is 10.1. The van der Waals surface area contributed by atoms with Gasteiger partial charge in [0.1, 0.15) is 11.5 Å². The molecule has 0 fully saturated rings. The first-order valence-electron chi connectivity index (χ1n) is 7.24. The van der Waals surface area contributed by atoms with Gasteiger partial charge in [0.15, 0.2) is 5.82 Å². The number of aromatic nitrogens is 3. The zero-order valence-corrected chi connectivity index (χ0v) is 12.8. The zero-order chi connectivity index (χ0) is 16.1. The summed E-state index contributed by atoms with van der Waals surface area (Å²) in [6.07, 6.45) is 7.22. The van der Waals surface area contributed by atoms with Crippen molar-refractivity contribution in [1.82, 2.24) is 15.0 Å². The molecule has 0 amide bonds. The van der Waals surface area contributed by atoms with Gasteiger partial charge in [-0.2, -0.15) is 0 Å². The standard InChI is InChI=1S/C18H16N4O/c1-3-13-7-8-15-14(12-13)17(20-10-11-23-2)22-18(21-15)16-6-4-5-9-19-16/h1,4-9,12H,10-11H2,2H3,(H,20,21,22). The highest BCUT2D eigenvalue weighted by Gasteiger charge is 2.10. The van der Waals surface area contributed by atoms with Gasteiger partial charge in [0.2, 0.25) is 0 Å². The van der Waals surface area contributed by atoms with Crippen LogP contribution in [-0.2, 0) is 4.74 Å². The lowest BCUT2D eigenvalue weighted by Crippen LogP contribution is -2.10. The number of methoxy groups -OCH3 is 1. The van der Waals surface area contributed by atoms with E-state index in [1.807, 2.05) is 36.4 Å². The lowest BCUT2D eigenvalue weighted by molar-refractivity contribution is 0.210. The first-order valence-corrected chi connectivity index (χ1v) is 7.24. The van der Waals surface area contributed by atoms with Crippen LogP contribution in [0, 0.1) is 12.3 Å². The molecule has 2 aromatic heterocycles. The molecular formula is C18H16N4O. The van der Waals surface area contributed by atoms with Crippen molar-refractivity contribution in [3.63, 3.8) is 0 Å². The summed E-state index contributed by atoms with van der Waals surface area (Å²) >= 11 is 0. The third-order valence-corrected chi connectivity index (χ3v) is 3.36. The molecule has 3 aromatic rings. The van der Waals surface area contributed by atoms with Crippen molar-refractivity contribution < 1.29 is 4.74 Å². The van der Waals surface area contributed by atoms with Crippen LogP contribution >= 0.6 is 0 Å². The van der Waals surface area contributed by atoms with Crippen molar-refractivity contribution in [3.8, 4) is 23.9 Å². The third-order valence-electron chi connectivity index (χ3n) is 3.36. The molecule has 5 nitrogen and oxygen atoms in total. The molecule has 0 spiro atoms. The molecule has 0 atom stereocenters. The Morgan fingerprint density at radius 3 is 2.87 bits per heavy atom. The Kier molecular flexibility index (Phi) is 4.46. The van der Waals surface area contributed by atoms with Crippen molar-refractivity contribution in [1.29, 1.82) is 0 Å². The number of terminal acetylenes is 1. The third kappa shape index (κ3) is 3.28. The minimum absolute atomic E-state index is 0.575. The van der Waals surface area contributed by atoms with Crippen molar-refractivity contribution in [3.05, 3.63) is 48.2 Å². The van der Waals surface area contributed by atoms with E-state index in [-0.39, 0.29) is 0 Å². The fraction of sp³-hybridized carbons (Fsp3) is 0.167. The molecule has 1 N–H and O–H groups in total. The van der Waals surface area contributed by atoms with E-state index in [2.05, 4.69) is 26.2 Å². The molecular weight excluding hydrogens is 288 g/mol. The maximum atomic E-state index is 5.49. The number of hydrogen-bond acceptors (Lipinski definition) is 5. The molecule has 5 heteroatoms. The van der Waals surface area contributed by atoms with E-state index in [1.165, 1.54) is 0 Å². The van der Waals surface area contributed by atoms with Crippen molar-refractivity contribution in [2.75, 3.05) is 25.6 Å². The van der Waals surface area contributed by atoms with Crippen LogP contribution < -0.4 is 5.32 Å². The van der Waals surface area contributed by atoms with Gasteiger partial charge in [-0.05, 0) is 30.3 Å². The smallest absolute Gasteiger partial charge is 0.180 e. The van der Waals surface area contributed by atoms with E-state index in [0.29, 0.717) is 19.0 Å². The van der Waals surface area contributed by atoms with Gasteiger partial charge < -0.3 is 10.1 Å². The van der Waals surface area contributed by atoms with E-state index < -0.39 is 0 Å². The Bertz CT molecular complexity index is 856. The Morgan fingerprint density at radius 1 is 1.22 bits per heavy atom. The molecule has 2 heterocycles. The molecule has 3 rings (SSSR count). The van der Waals surface area contributed by atoms with Gasteiger partial charge in [0, 0.05) is 30.8 Å². The topological polar surface area (TPSA) is 59.9 Å². The highest BCUT2D eigenvalue weighted by Crippen LogP contribution is 2.25.